The van der Waals surface area contributed by atoms with Crippen LogP contribution in [0.25, 0.3) is 5.57 Å². The second kappa shape index (κ2) is 12.9. The summed E-state index contributed by atoms with van der Waals surface area (Å²) in [5.41, 5.74) is 5.98. The Balaban J connectivity index is 1.21. The molecule has 2 aromatic rings. The number of hydrogen-bond acceptors (Lipinski definition) is 5. The third kappa shape index (κ3) is 6.40. The van der Waals surface area contributed by atoms with Gasteiger partial charge >= 0.3 is 5.97 Å². The minimum absolute atomic E-state index is 0.108. The van der Waals surface area contributed by atoms with Gasteiger partial charge in [0.1, 0.15) is 0 Å². The van der Waals surface area contributed by atoms with E-state index < -0.39 is 0 Å². The van der Waals surface area contributed by atoms with Gasteiger partial charge in [-0.1, -0.05) is 43.5 Å². The highest BCUT2D eigenvalue weighted by molar-refractivity contribution is 5.96. The quantitative estimate of drug-likeness (QED) is 0.241. The van der Waals surface area contributed by atoms with Crippen molar-refractivity contribution in [1.29, 1.82) is 0 Å². The molecule has 5 fully saturated rings. The second-order valence-corrected chi connectivity index (χ2v) is 13.6. The van der Waals surface area contributed by atoms with Gasteiger partial charge in [-0.3, -0.25) is 4.79 Å². The van der Waals surface area contributed by atoms with Crippen molar-refractivity contribution in [1.82, 2.24) is 0 Å². The maximum Gasteiger partial charge on any atom is 0.330 e. The molecule has 0 N–H and O–H groups in total. The molecule has 0 atom stereocenters. The van der Waals surface area contributed by atoms with Crippen LogP contribution in [0.2, 0.25) is 0 Å². The fourth-order valence-corrected chi connectivity index (χ4v) is 8.22. The van der Waals surface area contributed by atoms with Crippen molar-refractivity contribution in [3.05, 3.63) is 65.7 Å². The summed E-state index contributed by atoms with van der Waals surface area (Å²) in [4.78, 5) is 30.7. The number of nitrogens with zero attached hydrogens (tertiary/aromatic N) is 2. The molecule has 0 radical (unpaired) electrons. The Bertz CT molecular complexity index is 1300. The molecule has 1 amide bonds. The summed E-state index contributed by atoms with van der Waals surface area (Å²) in [7, 11) is 1.40. The largest absolute Gasteiger partial charge is 0.466 e. The first-order valence-corrected chi connectivity index (χ1v) is 16.5. The number of benzene rings is 2. The Morgan fingerprint density at radius 3 is 2.28 bits per heavy atom. The van der Waals surface area contributed by atoms with Crippen LogP contribution in [-0.4, -0.2) is 51.8 Å². The number of carbonyl (C=O) groups excluding carboxylic acids is 2. The lowest BCUT2D eigenvalue weighted by Crippen LogP contribution is -2.51. The number of hydrogen-bond donors (Lipinski definition) is 0. The Hall–Kier alpha value is -3.12. The van der Waals surface area contributed by atoms with Gasteiger partial charge in [-0.15, -0.1) is 0 Å². The fourth-order valence-electron chi connectivity index (χ4n) is 8.22. The molecule has 4 saturated carbocycles. The summed E-state index contributed by atoms with van der Waals surface area (Å²) in [5, 5.41) is 0. The van der Waals surface area contributed by atoms with E-state index >= 15 is 0 Å². The highest BCUT2D eigenvalue weighted by Gasteiger charge is 2.50. The molecule has 6 heteroatoms. The highest BCUT2D eigenvalue weighted by Crippen LogP contribution is 2.58. The van der Waals surface area contributed by atoms with Gasteiger partial charge in [-0.2, -0.15) is 0 Å². The lowest BCUT2D eigenvalue weighted by molar-refractivity contribution is -0.134. The normalized spacial score (nSPS) is 26.3. The number of fused-ring (bicyclic) bond motifs is 3. The number of anilines is 2. The van der Waals surface area contributed by atoms with E-state index in [4.69, 9.17) is 9.47 Å². The van der Waals surface area contributed by atoms with Gasteiger partial charge in [0.25, 0.3) is 0 Å². The summed E-state index contributed by atoms with van der Waals surface area (Å²) >= 11 is 0. The number of amides is 1. The predicted molar refractivity (Wildman–Crippen MR) is 172 cm³/mol. The second-order valence-electron chi connectivity index (χ2n) is 13.6. The number of morpholine rings is 1. The van der Waals surface area contributed by atoms with Crippen LogP contribution in [0.3, 0.4) is 0 Å². The van der Waals surface area contributed by atoms with E-state index in [9.17, 15) is 9.59 Å². The zero-order chi connectivity index (χ0) is 29.9. The van der Waals surface area contributed by atoms with Crippen LogP contribution < -0.4 is 9.80 Å². The van der Waals surface area contributed by atoms with E-state index in [0.717, 1.165) is 94.6 Å². The van der Waals surface area contributed by atoms with E-state index in [2.05, 4.69) is 46.2 Å². The number of allylic oxidation sites excluding steroid dienone is 1. The van der Waals surface area contributed by atoms with E-state index in [-0.39, 0.29) is 22.7 Å². The molecule has 0 aromatic heterocycles. The van der Waals surface area contributed by atoms with Gasteiger partial charge in [0, 0.05) is 43.0 Å². The van der Waals surface area contributed by atoms with Crippen LogP contribution >= 0.6 is 0 Å². The number of methoxy groups -OCH3 is 1. The Morgan fingerprint density at radius 1 is 0.953 bits per heavy atom. The molecule has 0 spiro atoms. The zero-order valence-electron chi connectivity index (χ0n) is 26.1. The fraction of sp³-hybridized carbons (Fsp3) is 0.568. The highest BCUT2D eigenvalue weighted by atomic mass is 16.5. The van der Waals surface area contributed by atoms with E-state index in [1.807, 2.05) is 19.1 Å². The smallest absolute Gasteiger partial charge is 0.330 e. The first kappa shape index (κ1) is 29.9. The first-order valence-electron chi connectivity index (χ1n) is 16.5. The molecule has 2 bridgehead atoms. The summed E-state index contributed by atoms with van der Waals surface area (Å²) in [6, 6.07) is 17.6. The molecule has 230 valence electrons. The number of ether oxygens (including phenoxy) is 2. The van der Waals surface area contributed by atoms with Gasteiger partial charge in [-0.25, -0.2) is 4.79 Å². The third-order valence-corrected chi connectivity index (χ3v) is 11.1. The summed E-state index contributed by atoms with van der Waals surface area (Å²) < 4.78 is 10.4. The Labute approximate surface area is 257 Å². The topological polar surface area (TPSA) is 59.1 Å². The Morgan fingerprint density at radius 2 is 1.63 bits per heavy atom. The van der Waals surface area contributed by atoms with Crippen LogP contribution in [0.4, 0.5) is 11.4 Å². The SMILES string of the molecule is COC(=O)/C=C(\C)c1cccc(N(CC23CCC(c4ccc(N5CCOCC5)cc4)(CC2)CC3)C(=O)C2CCCCC2)c1. The number of rotatable bonds is 8. The van der Waals surface area contributed by atoms with Gasteiger partial charge in [0.15, 0.2) is 0 Å². The van der Waals surface area contributed by atoms with Crippen LogP contribution in [0.15, 0.2) is 54.6 Å². The standard InChI is InChI=1S/C37H48N2O4/c1-28(25-34(40)42-2)30-9-6-10-33(26-30)39(35(41)29-7-4-3-5-8-29)27-36-15-18-37(19-16-36,20-17-36)31-11-13-32(14-12-31)38-21-23-43-24-22-38/h6,9-14,25-26,29H,3-5,7-8,15-24,27H2,1-2H3/b28-25+. The molecular formula is C37H48N2O4. The van der Waals surface area contributed by atoms with Gasteiger partial charge in [0.05, 0.1) is 20.3 Å². The molecule has 1 aliphatic heterocycles. The van der Waals surface area contributed by atoms with Crippen LogP contribution in [0.1, 0.15) is 88.7 Å². The van der Waals surface area contributed by atoms with E-state index in [1.54, 1.807) is 0 Å². The third-order valence-electron chi connectivity index (χ3n) is 11.1. The van der Waals surface area contributed by atoms with Crippen molar-refractivity contribution in [2.24, 2.45) is 11.3 Å². The average Bonchev–Trinajstić information content (AvgIpc) is 3.08. The number of esters is 1. The molecule has 7 rings (SSSR count). The van der Waals surface area contributed by atoms with Crippen LogP contribution in [0.5, 0.6) is 0 Å². The molecule has 1 heterocycles. The summed E-state index contributed by atoms with van der Waals surface area (Å²) in [6.07, 6.45) is 14.1. The summed E-state index contributed by atoms with van der Waals surface area (Å²) in [5.74, 6) is 0.0410. The van der Waals surface area contributed by atoms with Gasteiger partial charge < -0.3 is 19.3 Å². The predicted octanol–water partition coefficient (Wildman–Crippen LogP) is 7.31. The van der Waals surface area contributed by atoms with E-state index in [0.29, 0.717) is 5.91 Å². The maximum absolute atomic E-state index is 14.2. The minimum atomic E-state index is -0.361. The van der Waals surface area contributed by atoms with Gasteiger partial charge in [0.2, 0.25) is 5.91 Å². The van der Waals surface area contributed by atoms with E-state index in [1.165, 1.54) is 50.1 Å². The average molecular weight is 585 g/mol. The molecule has 4 aliphatic carbocycles. The van der Waals surface area contributed by atoms with Crippen molar-refractivity contribution in [3.63, 3.8) is 0 Å². The van der Waals surface area contributed by atoms with Crippen molar-refractivity contribution in [2.45, 2.75) is 83.0 Å². The van der Waals surface area contributed by atoms with Crippen molar-refractivity contribution in [2.75, 3.05) is 49.8 Å². The lowest BCUT2D eigenvalue weighted by Gasteiger charge is -2.55. The molecule has 1 saturated heterocycles. The molecule has 6 nitrogen and oxygen atoms in total. The zero-order valence-corrected chi connectivity index (χ0v) is 26.1. The molecule has 43 heavy (non-hydrogen) atoms. The first-order chi connectivity index (χ1) is 20.9. The molecule has 2 aromatic carbocycles. The number of carbonyl (C=O) groups is 2. The van der Waals surface area contributed by atoms with Crippen molar-refractivity contribution < 1.29 is 19.1 Å². The lowest BCUT2D eigenvalue weighted by atomic mass is 9.51. The molecule has 5 aliphatic rings. The molecular weight excluding hydrogens is 536 g/mol. The maximum atomic E-state index is 14.2. The minimum Gasteiger partial charge on any atom is -0.466 e. The van der Waals surface area contributed by atoms with Crippen LogP contribution in [0, 0.1) is 11.3 Å². The monoisotopic (exact) mass is 584 g/mol. The van der Waals surface area contributed by atoms with Crippen molar-refractivity contribution >= 4 is 28.8 Å². The summed E-state index contributed by atoms with van der Waals surface area (Å²) in [6.45, 7) is 6.26. The van der Waals surface area contributed by atoms with Gasteiger partial charge in [-0.05, 0) is 110 Å². The van der Waals surface area contributed by atoms with Crippen molar-refractivity contribution in [3.8, 4) is 0 Å². The Kier molecular flexibility index (Phi) is 8.95. The molecule has 0 unspecified atom stereocenters. The van der Waals surface area contributed by atoms with Crippen LogP contribution in [-0.2, 0) is 24.5 Å².